The van der Waals surface area contributed by atoms with Gasteiger partial charge < -0.3 is 15.3 Å². The van der Waals surface area contributed by atoms with Crippen molar-refractivity contribution in [3.63, 3.8) is 0 Å². The number of benzene rings is 1. The summed E-state index contributed by atoms with van der Waals surface area (Å²) in [6.45, 7) is 4.54. The van der Waals surface area contributed by atoms with E-state index in [0.29, 0.717) is 13.1 Å². The second kappa shape index (κ2) is 7.40. The summed E-state index contributed by atoms with van der Waals surface area (Å²) in [5.41, 5.74) is 2.32. The van der Waals surface area contributed by atoms with Gasteiger partial charge in [-0.3, -0.25) is 0 Å². The van der Waals surface area contributed by atoms with Crippen molar-refractivity contribution < 1.29 is 9.90 Å². The SMILES string of the molecule is CSc1cc(C)ccc1CNC(=O)N(C)CC(C)O. The highest BCUT2D eigenvalue weighted by Gasteiger charge is 2.11. The lowest BCUT2D eigenvalue weighted by atomic mass is 10.1. The Hall–Kier alpha value is -1.20. The minimum Gasteiger partial charge on any atom is -0.392 e. The molecule has 4 nitrogen and oxygen atoms in total. The second-order valence-corrected chi connectivity index (χ2v) is 5.55. The molecule has 0 spiro atoms. The number of hydrogen-bond acceptors (Lipinski definition) is 3. The Bertz CT molecular complexity index is 435. The summed E-state index contributed by atoms with van der Waals surface area (Å²) in [4.78, 5) is 14.5. The minimum absolute atomic E-state index is 0.173. The van der Waals surface area contributed by atoms with Crippen molar-refractivity contribution in [3.8, 4) is 0 Å². The number of aryl methyl sites for hydroxylation is 1. The number of amides is 2. The predicted octanol–water partition coefficient (Wildman–Crippen LogP) is 2.24. The molecule has 1 unspecified atom stereocenters. The molecule has 0 bridgehead atoms. The monoisotopic (exact) mass is 282 g/mol. The van der Waals surface area contributed by atoms with Gasteiger partial charge in [0, 0.05) is 25.0 Å². The van der Waals surface area contributed by atoms with Crippen LogP contribution in [0.3, 0.4) is 0 Å². The first-order valence-corrected chi connectivity index (χ1v) is 7.47. The van der Waals surface area contributed by atoms with Crippen LogP contribution in [0, 0.1) is 6.92 Å². The first kappa shape index (κ1) is 15.9. The smallest absolute Gasteiger partial charge is 0.317 e. The molecular weight excluding hydrogens is 260 g/mol. The Balaban J connectivity index is 2.59. The van der Waals surface area contributed by atoms with Gasteiger partial charge in [0.1, 0.15) is 0 Å². The van der Waals surface area contributed by atoms with Gasteiger partial charge >= 0.3 is 6.03 Å². The topological polar surface area (TPSA) is 52.6 Å². The molecule has 5 heteroatoms. The summed E-state index contributed by atoms with van der Waals surface area (Å²) in [7, 11) is 1.67. The number of rotatable bonds is 5. The Morgan fingerprint density at radius 2 is 2.21 bits per heavy atom. The molecule has 0 aliphatic heterocycles. The van der Waals surface area contributed by atoms with Gasteiger partial charge in [-0.2, -0.15) is 0 Å². The van der Waals surface area contributed by atoms with Gasteiger partial charge in [-0.05, 0) is 37.3 Å². The second-order valence-electron chi connectivity index (χ2n) is 4.70. The molecule has 0 fully saturated rings. The van der Waals surface area contributed by atoms with E-state index in [1.165, 1.54) is 15.4 Å². The van der Waals surface area contributed by atoms with Gasteiger partial charge in [0.05, 0.1) is 6.10 Å². The van der Waals surface area contributed by atoms with Gasteiger partial charge in [-0.25, -0.2) is 4.79 Å². The summed E-state index contributed by atoms with van der Waals surface area (Å²) in [6.07, 6.45) is 1.51. The van der Waals surface area contributed by atoms with Gasteiger partial charge in [-0.15, -0.1) is 11.8 Å². The highest BCUT2D eigenvalue weighted by Crippen LogP contribution is 2.21. The summed E-state index contributed by atoms with van der Waals surface area (Å²) in [5, 5.41) is 12.1. The van der Waals surface area contributed by atoms with Crippen LogP contribution >= 0.6 is 11.8 Å². The van der Waals surface area contributed by atoms with Crippen LogP contribution in [0.25, 0.3) is 0 Å². The lowest BCUT2D eigenvalue weighted by Crippen LogP contribution is -2.40. The van der Waals surface area contributed by atoms with Gasteiger partial charge in [-0.1, -0.05) is 12.1 Å². The number of thioether (sulfide) groups is 1. The fourth-order valence-corrected chi connectivity index (χ4v) is 2.49. The standard InChI is InChI=1S/C14H22N2O2S/c1-10-5-6-12(13(7-10)19-4)8-15-14(18)16(3)9-11(2)17/h5-7,11,17H,8-9H2,1-4H3,(H,15,18). The zero-order valence-electron chi connectivity index (χ0n) is 11.9. The normalized spacial score (nSPS) is 12.1. The van der Waals surface area contributed by atoms with E-state index >= 15 is 0 Å². The number of urea groups is 1. The Labute approximate surface area is 119 Å². The number of hydrogen-bond donors (Lipinski definition) is 2. The van der Waals surface area contributed by atoms with Crippen molar-refractivity contribution in [2.24, 2.45) is 0 Å². The zero-order valence-corrected chi connectivity index (χ0v) is 12.8. The molecule has 1 atom stereocenters. The third-order valence-corrected chi connectivity index (χ3v) is 3.58. The first-order chi connectivity index (χ1) is 8.93. The molecule has 0 radical (unpaired) electrons. The van der Waals surface area contributed by atoms with Crippen molar-refractivity contribution in [2.75, 3.05) is 19.8 Å². The van der Waals surface area contributed by atoms with Crippen LogP contribution in [0.1, 0.15) is 18.1 Å². The molecular formula is C14H22N2O2S. The van der Waals surface area contributed by atoms with Crippen molar-refractivity contribution in [3.05, 3.63) is 29.3 Å². The van der Waals surface area contributed by atoms with Crippen molar-refractivity contribution in [2.45, 2.75) is 31.4 Å². The summed E-state index contributed by atoms with van der Waals surface area (Å²) < 4.78 is 0. The fourth-order valence-electron chi connectivity index (χ4n) is 1.78. The van der Waals surface area contributed by atoms with E-state index in [0.717, 1.165) is 5.56 Å². The van der Waals surface area contributed by atoms with E-state index in [2.05, 4.69) is 18.3 Å². The highest BCUT2D eigenvalue weighted by molar-refractivity contribution is 7.98. The van der Waals surface area contributed by atoms with Crippen LogP contribution in [-0.4, -0.2) is 42.0 Å². The average molecular weight is 282 g/mol. The zero-order chi connectivity index (χ0) is 14.4. The number of aliphatic hydroxyl groups excluding tert-OH is 1. The lowest BCUT2D eigenvalue weighted by molar-refractivity contribution is 0.143. The van der Waals surface area contributed by atoms with Crippen molar-refractivity contribution in [1.82, 2.24) is 10.2 Å². The predicted molar refractivity (Wildman–Crippen MR) is 79.5 cm³/mol. The lowest BCUT2D eigenvalue weighted by Gasteiger charge is -2.19. The van der Waals surface area contributed by atoms with E-state index < -0.39 is 6.10 Å². The molecule has 1 aromatic rings. The molecule has 19 heavy (non-hydrogen) atoms. The maximum absolute atomic E-state index is 11.8. The molecule has 1 aromatic carbocycles. The van der Waals surface area contributed by atoms with Crippen molar-refractivity contribution in [1.29, 1.82) is 0 Å². The Kier molecular flexibility index (Phi) is 6.18. The van der Waals surface area contributed by atoms with Gasteiger partial charge in [0.25, 0.3) is 0 Å². The van der Waals surface area contributed by atoms with E-state index in [-0.39, 0.29) is 6.03 Å². The van der Waals surface area contributed by atoms with E-state index in [1.807, 2.05) is 18.4 Å². The average Bonchev–Trinajstić information content (AvgIpc) is 2.35. The Morgan fingerprint density at radius 3 is 2.79 bits per heavy atom. The molecule has 0 aliphatic rings. The largest absolute Gasteiger partial charge is 0.392 e. The molecule has 0 saturated carbocycles. The fraction of sp³-hybridized carbons (Fsp3) is 0.500. The third kappa shape index (κ3) is 5.12. The van der Waals surface area contributed by atoms with Crippen LogP contribution in [0.15, 0.2) is 23.1 Å². The number of aliphatic hydroxyl groups is 1. The number of carbonyl (C=O) groups is 1. The number of nitrogens with one attached hydrogen (secondary N) is 1. The molecule has 106 valence electrons. The van der Waals surface area contributed by atoms with Crippen LogP contribution in [0.4, 0.5) is 4.79 Å². The van der Waals surface area contributed by atoms with Crippen LogP contribution in [0.5, 0.6) is 0 Å². The van der Waals surface area contributed by atoms with Gasteiger partial charge in [0.2, 0.25) is 0 Å². The minimum atomic E-state index is -0.517. The van der Waals surface area contributed by atoms with Crippen LogP contribution < -0.4 is 5.32 Å². The Morgan fingerprint density at radius 1 is 1.53 bits per heavy atom. The molecule has 1 rings (SSSR count). The first-order valence-electron chi connectivity index (χ1n) is 6.24. The quantitative estimate of drug-likeness (QED) is 0.814. The van der Waals surface area contributed by atoms with Gasteiger partial charge in [0.15, 0.2) is 0 Å². The number of nitrogens with zero attached hydrogens (tertiary/aromatic N) is 1. The highest BCUT2D eigenvalue weighted by atomic mass is 32.2. The summed E-state index contributed by atoms with van der Waals surface area (Å²) >= 11 is 1.68. The molecule has 0 aliphatic carbocycles. The van der Waals surface area contributed by atoms with Crippen LogP contribution in [-0.2, 0) is 6.54 Å². The molecule has 2 amide bonds. The molecule has 0 aromatic heterocycles. The van der Waals surface area contributed by atoms with Crippen molar-refractivity contribution >= 4 is 17.8 Å². The summed E-state index contributed by atoms with van der Waals surface area (Å²) in [5.74, 6) is 0. The number of carbonyl (C=O) groups excluding carboxylic acids is 1. The third-order valence-electron chi connectivity index (χ3n) is 2.76. The maximum atomic E-state index is 11.8. The number of likely N-dealkylation sites (N-methyl/N-ethyl adjacent to an activating group) is 1. The van der Waals surface area contributed by atoms with Crippen LogP contribution in [0.2, 0.25) is 0 Å². The molecule has 0 heterocycles. The molecule has 2 N–H and O–H groups in total. The summed E-state index contributed by atoms with van der Waals surface area (Å²) in [6, 6.07) is 6.02. The molecule has 0 saturated heterocycles. The van der Waals surface area contributed by atoms with E-state index in [9.17, 15) is 9.90 Å². The van der Waals surface area contributed by atoms with E-state index in [4.69, 9.17) is 0 Å². The van der Waals surface area contributed by atoms with E-state index in [1.54, 1.807) is 25.7 Å². The maximum Gasteiger partial charge on any atom is 0.317 e.